The van der Waals surface area contributed by atoms with E-state index in [-0.39, 0.29) is 40.9 Å². The molecule has 0 unspecified atom stereocenters. The normalized spacial score (nSPS) is 25.7. The number of nitrogens with one attached hydrogen (secondary N) is 1. The molecule has 1 aromatic carbocycles. The third-order valence-electron chi connectivity index (χ3n) is 4.63. The SMILES string of the molecule is CC(=O)N[C@H]1[C@H](Oc2ccc3c(C)cc(=O)oc3c2)O[C@H](CO)[C@H](OS(=O)(=O)[O-])[C@@H]1O.[Na+]. The summed E-state index contributed by atoms with van der Waals surface area (Å²) in [6.45, 7) is 2.04. The van der Waals surface area contributed by atoms with E-state index < -0.39 is 59.2 Å². The van der Waals surface area contributed by atoms with Crippen LogP contribution in [0.1, 0.15) is 12.5 Å². The van der Waals surface area contributed by atoms with Crippen molar-refractivity contribution in [2.24, 2.45) is 0 Å². The Labute approximate surface area is 204 Å². The van der Waals surface area contributed by atoms with Crippen molar-refractivity contribution in [3.63, 3.8) is 0 Å². The summed E-state index contributed by atoms with van der Waals surface area (Å²) in [5.41, 5.74) is 0.325. The maximum atomic E-state index is 11.6. The number of rotatable bonds is 6. The Hall–Kier alpha value is -1.55. The number of aryl methyl sites for hydroxylation is 1. The molecule has 32 heavy (non-hydrogen) atoms. The van der Waals surface area contributed by atoms with E-state index >= 15 is 0 Å². The summed E-state index contributed by atoms with van der Waals surface area (Å²) < 4.78 is 53.6. The summed E-state index contributed by atoms with van der Waals surface area (Å²) in [6.07, 6.45) is -6.46. The largest absolute Gasteiger partial charge is 1.00 e. The van der Waals surface area contributed by atoms with Gasteiger partial charge in [-0.05, 0) is 24.6 Å². The third-order valence-corrected chi connectivity index (χ3v) is 5.08. The molecule has 0 radical (unpaired) electrons. The Morgan fingerprint density at radius 1 is 1.31 bits per heavy atom. The Morgan fingerprint density at radius 2 is 2.00 bits per heavy atom. The van der Waals surface area contributed by atoms with E-state index in [1.807, 2.05) is 0 Å². The fourth-order valence-corrected chi connectivity index (χ4v) is 3.83. The van der Waals surface area contributed by atoms with Crippen LogP contribution in [-0.2, 0) is 24.1 Å². The van der Waals surface area contributed by atoms with Gasteiger partial charge >= 0.3 is 35.2 Å². The number of aliphatic hydroxyl groups excluding tert-OH is 2. The number of ether oxygens (including phenoxy) is 2. The van der Waals surface area contributed by atoms with E-state index in [0.717, 1.165) is 6.92 Å². The van der Waals surface area contributed by atoms with Gasteiger partial charge in [-0.1, -0.05) is 0 Å². The van der Waals surface area contributed by atoms with Gasteiger partial charge in [0.1, 0.15) is 35.7 Å². The summed E-state index contributed by atoms with van der Waals surface area (Å²) in [5.74, 6) is -0.492. The number of aliphatic hydroxyl groups is 2. The molecule has 0 bridgehead atoms. The average Bonchev–Trinajstić information content (AvgIpc) is 2.65. The van der Waals surface area contributed by atoms with E-state index in [1.165, 1.54) is 18.2 Å². The first kappa shape index (κ1) is 26.7. The van der Waals surface area contributed by atoms with Gasteiger partial charge in [-0.2, -0.15) is 0 Å². The second-order valence-electron chi connectivity index (χ2n) is 6.94. The number of hydrogen-bond donors (Lipinski definition) is 3. The molecule has 0 aliphatic carbocycles. The van der Waals surface area contributed by atoms with Gasteiger partial charge in [0, 0.05) is 24.4 Å². The zero-order valence-electron chi connectivity index (χ0n) is 17.4. The predicted molar refractivity (Wildman–Crippen MR) is 102 cm³/mol. The molecule has 1 aromatic heterocycles. The molecular weight excluding hydrogens is 461 g/mol. The summed E-state index contributed by atoms with van der Waals surface area (Å²) in [4.78, 5) is 23.2. The minimum atomic E-state index is -5.26. The smallest absolute Gasteiger partial charge is 0.726 e. The van der Waals surface area contributed by atoms with Crippen LogP contribution in [0.2, 0.25) is 0 Å². The van der Waals surface area contributed by atoms with Crippen LogP contribution >= 0.6 is 0 Å². The zero-order chi connectivity index (χ0) is 22.9. The van der Waals surface area contributed by atoms with Gasteiger partial charge in [0.15, 0.2) is 0 Å². The molecular formula is C18H20NNaO11S. The zero-order valence-corrected chi connectivity index (χ0v) is 20.2. The van der Waals surface area contributed by atoms with Crippen molar-refractivity contribution < 1.29 is 75.6 Å². The van der Waals surface area contributed by atoms with Crippen LogP contribution in [0.3, 0.4) is 0 Å². The first-order chi connectivity index (χ1) is 14.5. The van der Waals surface area contributed by atoms with Crippen LogP contribution in [0.4, 0.5) is 0 Å². The van der Waals surface area contributed by atoms with Crippen LogP contribution in [0.25, 0.3) is 11.0 Å². The molecule has 0 spiro atoms. The molecule has 5 atom stereocenters. The number of carbonyl (C=O) groups is 1. The van der Waals surface area contributed by atoms with Crippen LogP contribution in [0.15, 0.2) is 33.5 Å². The van der Waals surface area contributed by atoms with Gasteiger partial charge in [-0.25, -0.2) is 13.2 Å². The molecule has 14 heteroatoms. The minimum Gasteiger partial charge on any atom is -0.726 e. The van der Waals surface area contributed by atoms with E-state index in [2.05, 4.69) is 9.50 Å². The van der Waals surface area contributed by atoms with Gasteiger partial charge < -0.3 is 34.0 Å². The Morgan fingerprint density at radius 3 is 2.59 bits per heavy atom. The minimum absolute atomic E-state index is 0. The van der Waals surface area contributed by atoms with Gasteiger partial charge in [0.2, 0.25) is 22.6 Å². The van der Waals surface area contributed by atoms with E-state index in [4.69, 9.17) is 13.9 Å². The number of carbonyl (C=O) groups excluding carboxylic acids is 1. The maximum Gasteiger partial charge on any atom is 1.00 e. The molecule has 0 saturated carbocycles. The Kier molecular flexibility index (Phi) is 8.83. The van der Waals surface area contributed by atoms with Crippen LogP contribution in [-0.4, -0.2) is 66.3 Å². The number of benzene rings is 1. The molecule has 12 nitrogen and oxygen atoms in total. The Bertz CT molecular complexity index is 1140. The van der Waals surface area contributed by atoms with Crippen LogP contribution < -0.4 is 45.2 Å². The van der Waals surface area contributed by atoms with Crippen molar-refractivity contribution in [3.05, 3.63) is 40.2 Å². The van der Waals surface area contributed by atoms with Gasteiger partial charge in [0.25, 0.3) is 0 Å². The van der Waals surface area contributed by atoms with Gasteiger partial charge in [-0.15, -0.1) is 0 Å². The summed E-state index contributed by atoms with van der Waals surface area (Å²) in [5, 5.41) is 23.1. The number of fused-ring (bicyclic) bond motifs is 1. The topological polar surface area (TPSA) is 185 Å². The average molecular weight is 481 g/mol. The number of amides is 1. The summed E-state index contributed by atoms with van der Waals surface area (Å²) >= 11 is 0. The van der Waals surface area contributed by atoms with Crippen molar-refractivity contribution in [2.45, 2.75) is 44.5 Å². The fourth-order valence-electron chi connectivity index (χ4n) is 3.32. The summed E-state index contributed by atoms with van der Waals surface area (Å²) in [7, 11) is -5.26. The molecule has 1 fully saturated rings. The standard InChI is InChI=1S/C18H21NO11S.Na/c1-8-5-14(22)28-12-6-10(3-4-11(8)12)27-18-15(19-9(2)21)16(23)17(13(7-20)29-18)30-31(24,25)26;/h3-6,13,15-18,20,23H,7H2,1-2H3,(H,19,21)(H,24,25,26);/q;+1/p-1/t13-,15-,16-,17+,18-;/m1./s1. The van der Waals surface area contributed by atoms with Gasteiger partial charge in [0.05, 0.1) is 6.61 Å². The third kappa shape index (κ3) is 6.27. The molecule has 1 aliphatic heterocycles. The van der Waals surface area contributed by atoms with Gasteiger partial charge in [-0.3, -0.25) is 8.98 Å². The second kappa shape index (κ2) is 10.6. The first-order valence-electron chi connectivity index (χ1n) is 9.05. The predicted octanol–water partition coefficient (Wildman–Crippen LogP) is -4.09. The van der Waals surface area contributed by atoms with Crippen molar-refractivity contribution >= 4 is 27.3 Å². The molecule has 2 aromatic rings. The van der Waals surface area contributed by atoms with Crippen molar-refractivity contribution in [1.29, 1.82) is 0 Å². The summed E-state index contributed by atoms with van der Waals surface area (Å²) in [6, 6.07) is 4.49. The van der Waals surface area contributed by atoms with Crippen molar-refractivity contribution in [3.8, 4) is 5.75 Å². The van der Waals surface area contributed by atoms with E-state index in [1.54, 1.807) is 13.0 Å². The molecule has 2 heterocycles. The molecule has 170 valence electrons. The van der Waals surface area contributed by atoms with Crippen LogP contribution in [0.5, 0.6) is 5.75 Å². The molecule has 3 N–H and O–H groups in total. The molecule has 1 saturated heterocycles. The van der Waals surface area contributed by atoms with E-state index in [9.17, 15) is 32.8 Å². The molecule has 1 aliphatic rings. The maximum absolute atomic E-state index is 11.6. The second-order valence-corrected chi connectivity index (χ2v) is 7.94. The van der Waals surface area contributed by atoms with Crippen molar-refractivity contribution in [1.82, 2.24) is 5.32 Å². The fraction of sp³-hybridized carbons (Fsp3) is 0.444. The quantitative estimate of drug-likeness (QED) is 0.158. The first-order valence-corrected chi connectivity index (χ1v) is 10.4. The van der Waals surface area contributed by atoms with Crippen LogP contribution in [0, 0.1) is 6.92 Å². The Balaban J connectivity index is 0.00000363. The molecule has 1 amide bonds. The molecule has 3 rings (SSSR count). The van der Waals surface area contributed by atoms with Crippen molar-refractivity contribution in [2.75, 3.05) is 6.61 Å². The number of hydrogen-bond acceptors (Lipinski definition) is 11. The monoisotopic (exact) mass is 481 g/mol. The van der Waals surface area contributed by atoms with E-state index in [0.29, 0.717) is 10.9 Å².